The molecule has 3 heteroatoms. The van der Waals surface area contributed by atoms with E-state index < -0.39 is 0 Å². The van der Waals surface area contributed by atoms with Crippen molar-refractivity contribution in [3.05, 3.63) is 42.2 Å². The number of hydrogen-bond acceptors (Lipinski definition) is 2. The third-order valence-electron chi connectivity index (χ3n) is 3.50. The maximum absolute atomic E-state index is 13.4. The summed E-state index contributed by atoms with van der Waals surface area (Å²) in [6.45, 7) is 6.75. The first kappa shape index (κ1) is 12.1. The molecule has 1 aromatic carbocycles. The molecule has 1 aliphatic rings. The number of rotatable bonds is 3. The highest BCUT2D eigenvalue weighted by Gasteiger charge is 2.22. The zero-order valence-electron chi connectivity index (χ0n) is 10.0. The highest BCUT2D eigenvalue weighted by atomic mass is 19.1. The van der Waals surface area contributed by atoms with Crippen molar-refractivity contribution in [2.75, 3.05) is 25.4 Å². The van der Waals surface area contributed by atoms with E-state index in [1.54, 1.807) is 6.07 Å². The van der Waals surface area contributed by atoms with Crippen LogP contribution in [-0.4, -0.2) is 24.5 Å². The minimum absolute atomic E-state index is 0.295. The molecule has 0 radical (unpaired) electrons. The minimum Gasteiger partial charge on any atom is -0.396 e. The second kappa shape index (κ2) is 5.32. The summed E-state index contributed by atoms with van der Waals surface area (Å²) in [4.78, 5) is 2.36. The molecule has 1 aliphatic heterocycles. The molecule has 0 unspecified atom stereocenters. The van der Waals surface area contributed by atoms with Crippen LogP contribution in [0.1, 0.15) is 24.3 Å². The summed E-state index contributed by atoms with van der Waals surface area (Å²) >= 11 is 0. The molecule has 1 saturated heterocycles. The van der Waals surface area contributed by atoms with Gasteiger partial charge in [-0.1, -0.05) is 18.2 Å². The van der Waals surface area contributed by atoms with E-state index in [9.17, 15) is 4.39 Å². The molecule has 0 bridgehead atoms. The van der Waals surface area contributed by atoms with Gasteiger partial charge in [-0.2, -0.15) is 0 Å². The molecule has 0 aliphatic carbocycles. The number of likely N-dealkylation sites (tertiary alicyclic amines) is 1. The van der Waals surface area contributed by atoms with Crippen molar-refractivity contribution < 1.29 is 4.39 Å². The summed E-state index contributed by atoms with van der Waals surface area (Å²) in [6.07, 6.45) is 4.01. The van der Waals surface area contributed by atoms with Crippen molar-refractivity contribution in [3.8, 4) is 0 Å². The fraction of sp³-hybridized carbons (Fsp3) is 0.429. The van der Waals surface area contributed by atoms with E-state index in [1.165, 1.54) is 6.07 Å². The van der Waals surface area contributed by atoms with Gasteiger partial charge in [0, 0.05) is 6.54 Å². The van der Waals surface area contributed by atoms with E-state index in [2.05, 4.69) is 11.5 Å². The summed E-state index contributed by atoms with van der Waals surface area (Å²) in [5.74, 6) is 0.0998. The number of nitrogens with zero attached hydrogens (tertiary/aromatic N) is 1. The van der Waals surface area contributed by atoms with Crippen molar-refractivity contribution >= 4 is 5.69 Å². The van der Waals surface area contributed by atoms with Crippen LogP contribution >= 0.6 is 0 Å². The predicted molar refractivity (Wildman–Crippen MR) is 69.4 cm³/mol. The normalized spacial score (nSPS) is 18.2. The van der Waals surface area contributed by atoms with Gasteiger partial charge in [-0.25, -0.2) is 4.39 Å². The molecular formula is C14H19FN2. The van der Waals surface area contributed by atoms with E-state index in [1.807, 2.05) is 12.1 Å². The zero-order valence-corrected chi connectivity index (χ0v) is 10.0. The van der Waals surface area contributed by atoms with Gasteiger partial charge in [0.15, 0.2) is 0 Å². The highest BCUT2D eigenvalue weighted by Crippen LogP contribution is 2.32. The second-order valence-corrected chi connectivity index (χ2v) is 4.61. The number of piperidine rings is 1. The number of nitrogens with two attached hydrogens (primary N) is 1. The third-order valence-corrected chi connectivity index (χ3v) is 3.50. The second-order valence-electron chi connectivity index (χ2n) is 4.61. The summed E-state index contributed by atoms with van der Waals surface area (Å²) in [5, 5.41) is 0. The smallest absolute Gasteiger partial charge is 0.146 e. The number of benzene rings is 1. The average molecular weight is 234 g/mol. The predicted octanol–water partition coefficient (Wildman–Crippen LogP) is 2.77. The lowest BCUT2D eigenvalue weighted by Gasteiger charge is -2.31. The van der Waals surface area contributed by atoms with Gasteiger partial charge in [0.2, 0.25) is 0 Å². The summed E-state index contributed by atoms with van der Waals surface area (Å²) in [5.41, 5.74) is 7.11. The average Bonchev–Trinajstić information content (AvgIpc) is 2.34. The largest absolute Gasteiger partial charge is 0.396 e. The van der Waals surface area contributed by atoms with Gasteiger partial charge in [-0.3, -0.25) is 4.90 Å². The summed E-state index contributed by atoms with van der Waals surface area (Å²) in [7, 11) is 0. The number of nitrogen functional groups attached to an aromatic ring is 1. The Morgan fingerprint density at radius 2 is 2.12 bits per heavy atom. The molecular weight excluding hydrogens is 215 g/mol. The first-order chi connectivity index (χ1) is 8.22. The molecule has 0 spiro atoms. The SMILES string of the molecule is C=CCN1CCC(c2cccc(F)c2N)CC1. The Morgan fingerprint density at radius 3 is 2.76 bits per heavy atom. The van der Waals surface area contributed by atoms with Gasteiger partial charge in [0.25, 0.3) is 0 Å². The van der Waals surface area contributed by atoms with Crippen molar-refractivity contribution in [3.63, 3.8) is 0 Å². The molecule has 1 heterocycles. The lowest BCUT2D eigenvalue weighted by Crippen LogP contribution is -2.33. The quantitative estimate of drug-likeness (QED) is 0.643. The van der Waals surface area contributed by atoms with E-state index in [4.69, 9.17) is 5.73 Å². The van der Waals surface area contributed by atoms with Gasteiger partial charge >= 0.3 is 0 Å². The van der Waals surface area contributed by atoms with Crippen molar-refractivity contribution in [2.24, 2.45) is 0 Å². The van der Waals surface area contributed by atoms with Crippen molar-refractivity contribution in [2.45, 2.75) is 18.8 Å². The first-order valence-electron chi connectivity index (χ1n) is 6.09. The monoisotopic (exact) mass is 234 g/mol. The van der Waals surface area contributed by atoms with Crippen LogP contribution in [0.15, 0.2) is 30.9 Å². The zero-order chi connectivity index (χ0) is 12.3. The molecule has 1 fully saturated rings. The summed E-state index contributed by atoms with van der Waals surface area (Å²) < 4.78 is 13.4. The van der Waals surface area contributed by atoms with Crippen LogP contribution in [0, 0.1) is 5.82 Å². The van der Waals surface area contributed by atoms with E-state index in [-0.39, 0.29) is 5.82 Å². The van der Waals surface area contributed by atoms with Crippen LogP contribution in [0.2, 0.25) is 0 Å². The number of halogens is 1. The topological polar surface area (TPSA) is 29.3 Å². The van der Waals surface area contributed by atoms with E-state index >= 15 is 0 Å². The number of hydrogen-bond donors (Lipinski definition) is 1. The maximum Gasteiger partial charge on any atom is 0.146 e. The van der Waals surface area contributed by atoms with Gasteiger partial charge < -0.3 is 5.73 Å². The van der Waals surface area contributed by atoms with Crippen LogP contribution in [0.4, 0.5) is 10.1 Å². The maximum atomic E-state index is 13.4. The van der Waals surface area contributed by atoms with Gasteiger partial charge in [0.05, 0.1) is 5.69 Å². The molecule has 1 aromatic rings. The molecule has 0 amide bonds. The Bertz CT molecular complexity index is 395. The standard InChI is InChI=1S/C14H19FN2/c1-2-8-17-9-6-11(7-10-17)12-4-3-5-13(15)14(12)16/h2-5,11H,1,6-10,16H2. The fourth-order valence-corrected chi connectivity index (χ4v) is 2.52. The molecule has 17 heavy (non-hydrogen) atoms. The fourth-order valence-electron chi connectivity index (χ4n) is 2.52. The Balaban J connectivity index is 2.05. The van der Waals surface area contributed by atoms with E-state index in [0.29, 0.717) is 11.6 Å². The Morgan fingerprint density at radius 1 is 1.41 bits per heavy atom. The van der Waals surface area contributed by atoms with Gasteiger partial charge in [-0.05, 0) is 43.5 Å². The Hall–Kier alpha value is -1.35. The highest BCUT2D eigenvalue weighted by molar-refractivity contribution is 5.49. The lowest BCUT2D eigenvalue weighted by atomic mass is 9.88. The summed E-state index contributed by atoms with van der Waals surface area (Å²) in [6, 6.07) is 5.12. The number of anilines is 1. The van der Waals surface area contributed by atoms with Gasteiger partial charge in [-0.15, -0.1) is 6.58 Å². The van der Waals surface area contributed by atoms with E-state index in [0.717, 1.165) is 38.0 Å². The molecule has 0 atom stereocenters. The molecule has 0 aromatic heterocycles. The van der Waals surface area contributed by atoms with Crippen molar-refractivity contribution in [1.29, 1.82) is 0 Å². The van der Waals surface area contributed by atoms with Crippen LogP contribution in [-0.2, 0) is 0 Å². The first-order valence-corrected chi connectivity index (χ1v) is 6.09. The van der Waals surface area contributed by atoms with Gasteiger partial charge in [0.1, 0.15) is 5.82 Å². The lowest BCUT2D eigenvalue weighted by molar-refractivity contribution is 0.233. The Kier molecular flexibility index (Phi) is 3.79. The van der Waals surface area contributed by atoms with Crippen LogP contribution < -0.4 is 5.73 Å². The van der Waals surface area contributed by atoms with Crippen LogP contribution in [0.5, 0.6) is 0 Å². The number of para-hydroxylation sites is 1. The Labute approximate surface area is 102 Å². The van der Waals surface area contributed by atoms with Crippen LogP contribution in [0.25, 0.3) is 0 Å². The van der Waals surface area contributed by atoms with Crippen molar-refractivity contribution in [1.82, 2.24) is 4.90 Å². The molecule has 2 nitrogen and oxygen atoms in total. The molecule has 2 rings (SSSR count). The minimum atomic E-state index is -0.295. The molecule has 2 N–H and O–H groups in total. The molecule has 0 saturated carbocycles. The van der Waals surface area contributed by atoms with Crippen LogP contribution in [0.3, 0.4) is 0 Å². The third kappa shape index (κ3) is 2.67. The molecule has 92 valence electrons.